The maximum Gasteiger partial charge on any atom is 0.437 e. The molecular weight excluding hydrogens is 351 g/mol. The maximum absolute atomic E-state index is 12.9. The van der Waals surface area contributed by atoms with Gasteiger partial charge in [-0.25, -0.2) is 9.18 Å². The molecule has 2 aromatic carbocycles. The summed E-state index contributed by atoms with van der Waals surface area (Å²) in [6.45, 7) is -0.374. The number of halogens is 2. The molecule has 1 aromatic heterocycles. The predicted molar refractivity (Wildman–Crippen MR) is 87.4 cm³/mol. The smallest absolute Gasteiger partial charge is 0.437 e. The van der Waals surface area contributed by atoms with Crippen LogP contribution in [0.4, 0.5) is 4.39 Å². The molecule has 3 aromatic rings. The van der Waals surface area contributed by atoms with Gasteiger partial charge in [0.25, 0.3) is 0 Å². The molecule has 25 heavy (non-hydrogen) atoms. The van der Waals surface area contributed by atoms with E-state index in [9.17, 15) is 14.0 Å². The van der Waals surface area contributed by atoms with Gasteiger partial charge in [0.1, 0.15) is 19.0 Å². The van der Waals surface area contributed by atoms with E-state index in [1.165, 1.54) is 24.3 Å². The van der Waals surface area contributed by atoms with Crippen molar-refractivity contribution in [3.05, 3.63) is 75.5 Å². The van der Waals surface area contributed by atoms with E-state index in [2.05, 4.69) is 5.10 Å². The van der Waals surface area contributed by atoms with Gasteiger partial charge in [-0.1, -0.05) is 23.7 Å². The molecule has 0 aliphatic rings. The molecule has 3 rings (SSSR count). The van der Waals surface area contributed by atoms with Crippen molar-refractivity contribution < 1.29 is 18.3 Å². The van der Waals surface area contributed by atoms with E-state index in [1.807, 2.05) is 0 Å². The zero-order chi connectivity index (χ0) is 17.8. The molecule has 0 aliphatic carbocycles. The number of hydrogen-bond donors (Lipinski definition) is 0. The minimum Gasteiger partial charge on any atom is -0.459 e. The van der Waals surface area contributed by atoms with Gasteiger partial charge in [0, 0.05) is 10.6 Å². The van der Waals surface area contributed by atoms with Crippen LogP contribution in [0.2, 0.25) is 5.02 Å². The number of carbonyl (C=O) groups excluding carboxylic acids is 1. The summed E-state index contributed by atoms with van der Waals surface area (Å²) in [5, 5.41) is 4.44. The molecule has 0 spiro atoms. The second-order valence-corrected chi connectivity index (χ2v) is 5.56. The standard InChI is InChI=1S/C17H12ClFN2O4/c18-13-3-1-2-11(8-13)10-24-15(22)9-21-17(23)25-16(20-21)12-4-6-14(19)7-5-12/h1-8H,9-10H2. The largest absolute Gasteiger partial charge is 0.459 e. The van der Waals surface area contributed by atoms with Gasteiger partial charge in [0.2, 0.25) is 5.89 Å². The Labute approximate surface area is 146 Å². The molecule has 0 radical (unpaired) electrons. The van der Waals surface area contributed by atoms with Crippen molar-refractivity contribution in [1.29, 1.82) is 0 Å². The van der Waals surface area contributed by atoms with Crippen molar-refractivity contribution >= 4 is 17.6 Å². The van der Waals surface area contributed by atoms with Crippen LogP contribution in [0.25, 0.3) is 11.5 Å². The number of rotatable bonds is 5. The predicted octanol–water partition coefficient (Wildman–Crippen LogP) is 3.04. The average Bonchev–Trinajstić information content (AvgIpc) is 2.94. The van der Waals surface area contributed by atoms with Gasteiger partial charge in [0.05, 0.1) is 0 Å². The average molecular weight is 363 g/mol. The molecular formula is C17H12ClFN2O4. The minimum atomic E-state index is -0.806. The third-order valence-electron chi connectivity index (χ3n) is 3.27. The summed E-state index contributed by atoms with van der Waals surface area (Å²) in [7, 11) is 0. The molecule has 0 unspecified atom stereocenters. The monoisotopic (exact) mass is 362 g/mol. The first-order chi connectivity index (χ1) is 12.0. The number of nitrogens with zero attached hydrogens (tertiary/aromatic N) is 2. The summed E-state index contributed by atoms with van der Waals surface area (Å²) < 4.78 is 23.8. The van der Waals surface area contributed by atoms with Crippen LogP contribution < -0.4 is 5.76 Å². The van der Waals surface area contributed by atoms with Gasteiger partial charge in [-0.2, -0.15) is 4.68 Å². The highest BCUT2D eigenvalue weighted by molar-refractivity contribution is 6.30. The van der Waals surface area contributed by atoms with Gasteiger partial charge in [-0.05, 0) is 42.0 Å². The molecule has 0 saturated carbocycles. The summed E-state index contributed by atoms with van der Waals surface area (Å²) >= 11 is 5.85. The number of aromatic nitrogens is 2. The summed E-state index contributed by atoms with van der Waals surface area (Å²) in [5.41, 5.74) is 1.14. The molecule has 0 bridgehead atoms. The Morgan fingerprint density at radius 1 is 1.24 bits per heavy atom. The molecule has 0 aliphatic heterocycles. The summed E-state index contributed by atoms with van der Waals surface area (Å²) in [6.07, 6.45) is 0. The molecule has 0 atom stereocenters. The van der Waals surface area contributed by atoms with E-state index < -0.39 is 24.1 Å². The highest BCUT2D eigenvalue weighted by Crippen LogP contribution is 2.15. The SMILES string of the molecule is O=C(Cn1nc(-c2ccc(F)cc2)oc1=O)OCc1cccc(Cl)c1. The highest BCUT2D eigenvalue weighted by Gasteiger charge is 2.14. The Bertz CT molecular complexity index is 950. The third kappa shape index (κ3) is 4.33. The second kappa shape index (κ2) is 7.31. The fraction of sp³-hybridized carbons (Fsp3) is 0.118. The summed E-state index contributed by atoms with van der Waals surface area (Å²) in [5.74, 6) is -1.89. The topological polar surface area (TPSA) is 74.3 Å². The van der Waals surface area contributed by atoms with Crippen LogP contribution in [-0.4, -0.2) is 15.7 Å². The van der Waals surface area contributed by atoms with Crippen molar-refractivity contribution in [2.75, 3.05) is 0 Å². The normalized spacial score (nSPS) is 10.6. The maximum atomic E-state index is 12.9. The van der Waals surface area contributed by atoms with Crippen molar-refractivity contribution in [1.82, 2.24) is 9.78 Å². The van der Waals surface area contributed by atoms with E-state index in [0.29, 0.717) is 10.6 Å². The molecule has 8 heteroatoms. The zero-order valence-electron chi connectivity index (χ0n) is 12.8. The van der Waals surface area contributed by atoms with Crippen LogP contribution >= 0.6 is 11.6 Å². The first-order valence-corrected chi connectivity index (χ1v) is 7.63. The highest BCUT2D eigenvalue weighted by atomic mass is 35.5. The van der Waals surface area contributed by atoms with E-state index in [0.717, 1.165) is 10.2 Å². The zero-order valence-corrected chi connectivity index (χ0v) is 13.6. The number of carbonyl (C=O) groups is 1. The molecule has 1 heterocycles. The quantitative estimate of drug-likeness (QED) is 0.652. The first-order valence-electron chi connectivity index (χ1n) is 7.25. The molecule has 0 fully saturated rings. The molecule has 0 N–H and O–H groups in total. The van der Waals surface area contributed by atoms with E-state index >= 15 is 0 Å². The Morgan fingerprint density at radius 3 is 2.72 bits per heavy atom. The lowest BCUT2D eigenvalue weighted by atomic mass is 10.2. The number of benzene rings is 2. The van der Waals surface area contributed by atoms with Gasteiger partial charge in [-0.15, -0.1) is 5.10 Å². The number of ether oxygens (including phenoxy) is 1. The minimum absolute atomic E-state index is 0.00681. The van der Waals surface area contributed by atoms with E-state index in [4.69, 9.17) is 20.8 Å². The van der Waals surface area contributed by atoms with Crippen molar-refractivity contribution in [3.63, 3.8) is 0 Å². The molecule has 128 valence electrons. The van der Waals surface area contributed by atoms with Gasteiger partial charge in [-0.3, -0.25) is 4.79 Å². The number of hydrogen-bond acceptors (Lipinski definition) is 5. The fourth-order valence-corrected chi connectivity index (χ4v) is 2.29. The Hall–Kier alpha value is -2.93. The van der Waals surface area contributed by atoms with Crippen LogP contribution in [0.3, 0.4) is 0 Å². The van der Waals surface area contributed by atoms with Crippen LogP contribution in [0.5, 0.6) is 0 Å². The van der Waals surface area contributed by atoms with Crippen LogP contribution in [0.1, 0.15) is 5.56 Å². The van der Waals surface area contributed by atoms with Crippen LogP contribution in [-0.2, 0) is 22.7 Å². The van der Waals surface area contributed by atoms with Crippen LogP contribution in [0, 0.1) is 5.82 Å². The number of esters is 1. The molecule has 6 nitrogen and oxygen atoms in total. The Morgan fingerprint density at radius 2 is 2.00 bits per heavy atom. The second-order valence-electron chi connectivity index (χ2n) is 5.13. The van der Waals surface area contributed by atoms with Crippen molar-refractivity contribution in [3.8, 4) is 11.5 Å². The van der Waals surface area contributed by atoms with E-state index in [1.54, 1.807) is 24.3 Å². The van der Waals surface area contributed by atoms with Crippen molar-refractivity contribution in [2.24, 2.45) is 0 Å². The summed E-state index contributed by atoms with van der Waals surface area (Å²) in [6, 6.07) is 12.1. The lowest BCUT2D eigenvalue weighted by molar-refractivity contribution is -0.146. The Balaban J connectivity index is 1.65. The van der Waals surface area contributed by atoms with Crippen molar-refractivity contribution in [2.45, 2.75) is 13.2 Å². The van der Waals surface area contributed by atoms with E-state index in [-0.39, 0.29) is 12.5 Å². The molecule has 0 amide bonds. The third-order valence-corrected chi connectivity index (χ3v) is 3.50. The first kappa shape index (κ1) is 16.9. The molecule has 0 saturated heterocycles. The van der Waals surface area contributed by atoms with Crippen LogP contribution in [0.15, 0.2) is 57.7 Å². The van der Waals surface area contributed by atoms with Gasteiger partial charge < -0.3 is 9.15 Å². The lowest BCUT2D eigenvalue weighted by Gasteiger charge is -2.04. The van der Waals surface area contributed by atoms with Gasteiger partial charge >= 0.3 is 11.7 Å². The fourth-order valence-electron chi connectivity index (χ4n) is 2.07. The summed E-state index contributed by atoms with van der Waals surface area (Å²) in [4.78, 5) is 23.6. The Kier molecular flexibility index (Phi) is 4.95. The van der Waals surface area contributed by atoms with Gasteiger partial charge in [0.15, 0.2) is 0 Å². The lowest BCUT2D eigenvalue weighted by Crippen LogP contribution is -2.22.